The van der Waals surface area contributed by atoms with Crippen LogP contribution in [-0.4, -0.2) is 48.5 Å². The van der Waals surface area contributed by atoms with Crippen molar-refractivity contribution >= 4 is 0 Å². The second-order valence-electron chi connectivity index (χ2n) is 3.39. The van der Waals surface area contributed by atoms with Gasteiger partial charge in [0.1, 0.15) is 6.10 Å². The average molecular weight is 191 g/mol. The second-order valence-corrected chi connectivity index (χ2v) is 3.39. The van der Waals surface area contributed by atoms with Gasteiger partial charge in [0.05, 0.1) is 18.8 Å². The van der Waals surface area contributed by atoms with E-state index in [1.54, 1.807) is 0 Å². The van der Waals surface area contributed by atoms with Crippen LogP contribution < -0.4 is 5.73 Å². The van der Waals surface area contributed by atoms with Crippen molar-refractivity contribution in [3.05, 3.63) is 0 Å². The third-order valence-electron chi connectivity index (χ3n) is 2.56. The van der Waals surface area contributed by atoms with Gasteiger partial charge in [-0.3, -0.25) is 0 Å². The van der Waals surface area contributed by atoms with Gasteiger partial charge in [-0.2, -0.15) is 0 Å². The Morgan fingerprint density at radius 2 is 2.15 bits per heavy atom. The molecule has 5 atom stereocenters. The zero-order valence-corrected chi connectivity index (χ0v) is 7.88. The van der Waals surface area contributed by atoms with Gasteiger partial charge in [-0.1, -0.05) is 6.92 Å². The highest BCUT2D eigenvalue weighted by Gasteiger charge is 2.40. The molecule has 0 bridgehead atoms. The fraction of sp³-hybridized carbons (Fsp3) is 1.00. The van der Waals surface area contributed by atoms with Gasteiger partial charge >= 0.3 is 0 Å². The molecule has 0 aromatic carbocycles. The normalized spacial score (nSPS) is 46.4. The van der Waals surface area contributed by atoms with Crippen molar-refractivity contribution in [2.75, 3.05) is 13.7 Å². The Morgan fingerprint density at radius 3 is 2.62 bits per heavy atom. The topological polar surface area (TPSA) is 84.9 Å². The first-order chi connectivity index (χ1) is 6.11. The quantitative estimate of drug-likeness (QED) is 0.504. The maximum Gasteiger partial charge on any atom is 0.173 e. The summed E-state index contributed by atoms with van der Waals surface area (Å²) in [5.74, 6) is -0.143. The van der Waals surface area contributed by atoms with E-state index in [1.165, 1.54) is 7.11 Å². The SMILES string of the molecule is CO[C@@H]1OC(CO)[C@H](O)C(C)C1N. The molecule has 0 aliphatic carbocycles. The van der Waals surface area contributed by atoms with E-state index >= 15 is 0 Å². The first-order valence-corrected chi connectivity index (χ1v) is 4.34. The molecule has 0 aromatic rings. The molecule has 1 saturated heterocycles. The van der Waals surface area contributed by atoms with Crippen LogP contribution in [0.4, 0.5) is 0 Å². The molecule has 5 heteroatoms. The van der Waals surface area contributed by atoms with Crippen molar-refractivity contribution in [3.63, 3.8) is 0 Å². The minimum absolute atomic E-state index is 0.143. The van der Waals surface area contributed by atoms with Crippen LogP contribution in [0.25, 0.3) is 0 Å². The Morgan fingerprint density at radius 1 is 1.54 bits per heavy atom. The summed E-state index contributed by atoms with van der Waals surface area (Å²) in [5, 5.41) is 18.5. The van der Waals surface area contributed by atoms with Crippen LogP contribution in [0.5, 0.6) is 0 Å². The van der Waals surface area contributed by atoms with E-state index in [0.717, 1.165) is 0 Å². The third kappa shape index (κ3) is 2.00. The van der Waals surface area contributed by atoms with Gasteiger partial charge in [0.15, 0.2) is 6.29 Å². The Bertz CT molecular complexity index is 146. The number of methoxy groups -OCH3 is 1. The molecule has 1 rings (SSSR count). The minimum Gasteiger partial charge on any atom is -0.394 e. The molecule has 1 aliphatic heterocycles. The number of nitrogens with two attached hydrogens (primary N) is 1. The van der Waals surface area contributed by atoms with Crippen LogP contribution >= 0.6 is 0 Å². The molecule has 1 aliphatic rings. The number of hydrogen-bond acceptors (Lipinski definition) is 5. The van der Waals surface area contributed by atoms with Gasteiger partial charge in [-0.05, 0) is 0 Å². The summed E-state index contributed by atoms with van der Waals surface area (Å²) in [6, 6.07) is -0.359. The van der Waals surface area contributed by atoms with Crippen LogP contribution in [0.3, 0.4) is 0 Å². The number of hydrogen-bond donors (Lipinski definition) is 3. The highest BCUT2D eigenvalue weighted by atomic mass is 16.7. The monoisotopic (exact) mass is 191 g/mol. The highest BCUT2D eigenvalue weighted by Crippen LogP contribution is 2.24. The number of aliphatic hydroxyl groups is 2. The average Bonchev–Trinajstić information content (AvgIpc) is 2.15. The number of rotatable bonds is 2. The van der Waals surface area contributed by atoms with Crippen molar-refractivity contribution < 1.29 is 19.7 Å². The van der Waals surface area contributed by atoms with Crippen molar-refractivity contribution in [2.45, 2.75) is 31.5 Å². The molecule has 0 saturated carbocycles. The van der Waals surface area contributed by atoms with E-state index in [1.807, 2.05) is 6.92 Å². The molecule has 5 nitrogen and oxygen atoms in total. The van der Waals surface area contributed by atoms with Gasteiger partial charge in [-0.25, -0.2) is 0 Å². The third-order valence-corrected chi connectivity index (χ3v) is 2.56. The summed E-state index contributed by atoms with van der Waals surface area (Å²) in [4.78, 5) is 0. The zero-order chi connectivity index (χ0) is 10.0. The Labute approximate surface area is 77.4 Å². The summed E-state index contributed by atoms with van der Waals surface area (Å²) in [5.41, 5.74) is 5.75. The van der Waals surface area contributed by atoms with Crippen molar-refractivity contribution in [3.8, 4) is 0 Å². The van der Waals surface area contributed by atoms with E-state index in [4.69, 9.17) is 20.3 Å². The maximum absolute atomic E-state index is 9.60. The van der Waals surface area contributed by atoms with Gasteiger partial charge in [0.25, 0.3) is 0 Å². The fourth-order valence-corrected chi connectivity index (χ4v) is 1.52. The van der Waals surface area contributed by atoms with E-state index < -0.39 is 18.5 Å². The molecule has 0 spiro atoms. The summed E-state index contributed by atoms with van der Waals surface area (Å²) < 4.78 is 10.2. The molecular formula is C8H17NO4. The Hall–Kier alpha value is -0.200. The Kier molecular flexibility index (Phi) is 3.63. The lowest BCUT2D eigenvalue weighted by Crippen LogP contribution is -2.58. The van der Waals surface area contributed by atoms with Crippen LogP contribution in [0.1, 0.15) is 6.92 Å². The first-order valence-electron chi connectivity index (χ1n) is 4.34. The Balaban J connectivity index is 2.66. The standard InChI is InChI=1S/C8H17NO4/c1-4-6(9)8(12-2)13-5(3-10)7(4)11/h4-8,10-11H,3,9H2,1-2H3/t4?,5?,6?,7-,8-/m1/s1. The van der Waals surface area contributed by atoms with Crippen molar-refractivity contribution in [1.29, 1.82) is 0 Å². The van der Waals surface area contributed by atoms with Crippen LogP contribution in [0, 0.1) is 5.92 Å². The number of aliphatic hydroxyl groups excluding tert-OH is 2. The minimum atomic E-state index is -0.730. The summed E-state index contributed by atoms with van der Waals surface area (Å²) in [7, 11) is 1.49. The summed E-state index contributed by atoms with van der Waals surface area (Å²) >= 11 is 0. The molecule has 0 amide bonds. The molecule has 0 radical (unpaired) electrons. The van der Waals surface area contributed by atoms with Gasteiger partial charge in [0, 0.05) is 13.0 Å². The van der Waals surface area contributed by atoms with Gasteiger partial charge in [0.2, 0.25) is 0 Å². The maximum atomic E-state index is 9.60. The van der Waals surface area contributed by atoms with E-state index in [-0.39, 0.29) is 18.6 Å². The van der Waals surface area contributed by atoms with Crippen LogP contribution in [-0.2, 0) is 9.47 Å². The summed E-state index contributed by atoms with van der Waals surface area (Å²) in [6.45, 7) is 1.59. The smallest absolute Gasteiger partial charge is 0.173 e. The molecular weight excluding hydrogens is 174 g/mol. The predicted molar refractivity (Wildman–Crippen MR) is 45.9 cm³/mol. The molecule has 0 aromatic heterocycles. The largest absolute Gasteiger partial charge is 0.394 e. The fourth-order valence-electron chi connectivity index (χ4n) is 1.52. The van der Waals surface area contributed by atoms with Gasteiger partial charge in [-0.15, -0.1) is 0 Å². The lowest BCUT2D eigenvalue weighted by molar-refractivity contribution is -0.243. The number of ether oxygens (including phenoxy) is 2. The lowest BCUT2D eigenvalue weighted by atomic mass is 9.89. The lowest BCUT2D eigenvalue weighted by Gasteiger charge is -2.40. The van der Waals surface area contributed by atoms with E-state index in [0.29, 0.717) is 0 Å². The highest BCUT2D eigenvalue weighted by molar-refractivity contribution is 4.88. The first kappa shape index (κ1) is 10.9. The van der Waals surface area contributed by atoms with Crippen LogP contribution in [0.15, 0.2) is 0 Å². The van der Waals surface area contributed by atoms with Crippen LogP contribution in [0.2, 0.25) is 0 Å². The molecule has 78 valence electrons. The molecule has 13 heavy (non-hydrogen) atoms. The van der Waals surface area contributed by atoms with E-state index in [2.05, 4.69) is 0 Å². The predicted octanol–water partition coefficient (Wildman–Crippen LogP) is -1.33. The van der Waals surface area contributed by atoms with Crippen molar-refractivity contribution in [2.24, 2.45) is 11.7 Å². The molecule has 3 unspecified atom stereocenters. The summed E-state index contributed by atoms with van der Waals surface area (Å²) in [6.07, 6.45) is -1.87. The van der Waals surface area contributed by atoms with Gasteiger partial charge < -0.3 is 25.4 Å². The van der Waals surface area contributed by atoms with E-state index in [9.17, 15) is 5.11 Å². The van der Waals surface area contributed by atoms with Crippen molar-refractivity contribution in [1.82, 2.24) is 0 Å². The second kappa shape index (κ2) is 4.34. The zero-order valence-electron chi connectivity index (χ0n) is 7.88. The molecule has 1 heterocycles. The molecule has 4 N–H and O–H groups in total. The molecule has 1 fully saturated rings.